The van der Waals surface area contributed by atoms with Gasteiger partial charge in [0.25, 0.3) is 0 Å². The van der Waals surface area contributed by atoms with E-state index in [9.17, 15) is 5.11 Å². The van der Waals surface area contributed by atoms with E-state index in [0.29, 0.717) is 6.04 Å². The van der Waals surface area contributed by atoms with Crippen LogP contribution in [-0.4, -0.2) is 48.3 Å². The van der Waals surface area contributed by atoms with E-state index in [1.54, 1.807) is 0 Å². The van der Waals surface area contributed by atoms with Crippen molar-refractivity contribution in [2.24, 2.45) is 0 Å². The van der Waals surface area contributed by atoms with Crippen LogP contribution >= 0.6 is 0 Å². The summed E-state index contributed by atoms with van der Waals surface area (Å²) < 4.78 is 0. The maximum absolute atomic E-state index is 9.20. The first-order valence-corrected chi connectivity index (χ1v) is 6.32. The van der Waals surface area contributed by atoms with Crippen molar-refractivity contribution in [2.75, 3.05) is 26.2 Å². The van der Waals surface area contributed by atoms with E-state index in [0.717, 1.165) is 13.0 Å². The first-order valence-electron chi connectivity index (χ1n) is 6.32. The van der Waals surface area contributed by atoms with Gasteiger partial charge in [-0.2, -0.15) is 0 Å². The lowest BCUT2D eigenvalue weighted by molar-refractivity contribution is 0.170. The van der Waals surface area contributed by atoms with E-state index in [1.165, 1.54) is 38.9 Å². The molecular weight excluding hydrogens is 188 g/mol. The summed E-state index contributed by atoms with van der Waals surface area (Å²) in [4.78, 5) is 2.54. The summed E-state index contributed by atoms with van der Waals surface area (Å²) in [5.74, 6) is 0. The van der Waals surface area contributed by atoms with E-state index < -0.39 is 0 Å². The van der Waals surface area contributed by atoms with Crippen molar-refractivity contribution in [3.63, 3.8) is 0 Å². The highest BCUT2D eigenvalue weighted by atomic mass is 16.3. The Labute approximate surface area is 93.9 Å². The van der Waals surface area contributed by atoms with Crippen LogP contribution in [0.5, 0.6) is 0 Å². The first kappa shape index (κ1) is 12.9. The fourth-order valence-electron chi connectivity index (χ4n) is 2.25. The van der Waals surface area contributed by atoms with Crippen molar-refractivity contribution in [1.29, 1.82) is 0 Å². The van der Waals surface area contributed by atoms with Crippen LogP contribution in [-0.2, 0) is 0 Å². The van der Waals surface area contributed by atoms with Crippen molar-refractivity contribution < 1.29 is 5.11 Å². The molecule has 0 radical (unpaired) electrons. The molecule has 2 unspecified atom stereocenters. The van der Waals surface area contributed by atoms with Crippen molar-refractivity contribution in [1.82, 2.24) is 10.2 Å². The van der Waals surface area contributed by atoms with Gasteiger partial charge >= 0.3 is 0 Å². The molecule has 1 aliphatic rings. The summed E-state index contributed by atoms with van der Waals surface area (Å²) in [6.07, 6.45) is 4.65. The van der Waals surface area contributed by atoms with Gasteiger partial charge in [-0.3, -0.25) is 0 Å². The Morgan fingerprint density at radius 1 is 1.27 bits per heavy atom. The lowest BCUT2D eigenvalue weighted by Gasteiger charge is -2.17. The third-order valence-electron chi connectivity index (χ3n) is 3.04. The quantitative estimate of drug-likeness (QED) is 0.626. The van der Waals surface area contributed by atoms with Crippen LogP contribution in [0.25, 0.3) is 0 Å². The standard InChI is InChI=1S/C12H26N2O/c1-11(10-12(2)15)13-6-5-9-14-7-3-4-8-14/h11-13,15H,3-10H2,1-2H3. The molecule has 90 valence electrons. The minimum Gasteiger partial charge on any atom is -0.393 e. The fraction of sp³-hybridized carbons (Fsp3) is 1.00. The molecule has 1 rings (SSSR count). The Morgan fingerprint density at radius 2 is 1.93 bits per heavy atom. The predicted octanol–water partition coefficient (Wildman–Crippen LogP) is 1.22. The Morgan fingerprint density at radius 3 is 2.53 bits per heavy atom. The van der Waals surface area contributed by atoms with E-state index in [1.807, 2.05) is 6.92 Å². The van der Waals surface area contributed by atoms with Gasteiger partial charge in [0.15, 0.2) is 0 Å². The number of nitrogens with zero attached hydrogens (tertiary/aromatic N) is 1. The SMILES string of the molecule is CC(O)CC(C)NCCCN1CCCC1. The topological polar surface area (TPSA) is 35.5 Å². The van der Waals surface area contributed by atoms with E-state index >= 15 is 0 Å². The summed E-state index contributed by atoms with van der Waals surface area (Å²) >= 11 is 0. The molecule has 3 heteroatoms. The number of hydrogen-bond acceptors (Lipinski definition) is 3. The Hall–Kier alpha value is -0.120. The molecular formula is C12H26N2O. The molecule has 3 nitrogen and oxygen atoms in total. The van der Waals surface area contributed by atoms with Gasteiger partial charge in [-0.05, 0) is 65.7 Å². The predicted molar refractivity (Wildman–Crippen MR) is 64.1 cm³/mol. The van der Waals surface area contributed by atoms with Crippen molar-refractivity contribution >= 4 is 0 Å². The normalized spacial score (nSPS) is 21.8. The summed E-state index contributed by atoms with van der Waals surface area (Å²) in [7, 11) is 0. The van der Waals surface area contributed by atoms with Crippen LogP contribution in [0, 0.1) is 0 Å². The molecule has 2 N–H and O–H groups in total. The van der Waals surface area contributed by atoms with Gasteiger partial charge in [0.2, 0.25) is 0 Å². The smallest absolute Gasteiger partial charge is 0.0526 e. The van der Waals surface area contributed by atoms with Crippen LogP contribution in [0.2, 0.25) is 0 Å². The van der Waals surface area contributed by atoms with Gasteiger partial charge in [0, 0.05) is 6.04 Å². The van der Waals surface area contributed by atoms with Gasteiger partial charge in [-0.15, -0.1) is 0 Å². The summed E-state index contributed by atoms with van der Waals surface area (Å²) in [6, 6.07) is 0.434. The summed E-state index contributed by atoms with van der Waals surface area (Å²) in [6.45, 7) is 8.89. The first-order chi connectivity index (χ1) is 7.18. The molecule has 0 bridgehead atoms. The van der Waals surface area contributed by atoms with E-state index in [2.05, 4.69) is 17.1 Å². The van der Waals surface area contributed by atoms with E-state index in [4.69, 9.17) is 0 Å². The molecule has 1 aliphatic heterocycles. The zero-order chi connectivity index (χ0) is 11.1. The van der Waals surface area contributed by atoms with Gasteiger partial charge in [0.1, 0.15) is 0 Å². The monoisotopic (exact) mass is 214 g/mol. The van der Waals surface area contributed by atoms with Crippen LogP contribution in [0.4, 0.5) is 0 Å². The van der Waals surface area contributed by atoms with Crippen LogP contribution in [0.15, 0.2) is 0 Å². The van der Waals surface area contributed by atoms with Gasteiger partial charge in [0.05, 0.1) is 6.10 Å². The number of rotatable bonds is 7. The van der Waals surface area contributed by atoms with Gasteiger partial charge in [-0.1, -0.05) is 0 Å². The minimum absolute atomic E-state index is 0.189. The van der Waals surface area contributed by atoms with Crippen LogP contribution in [0.1, 0.15) is 39.5 Å². The average molecular weight is 214 g/mol. The van der Waals surface area contributed by atoms with Crippen molar-refractivity contribution in [2.45, 2.75) is 51.7 Å². The number of aliphatic hydroxyl groups is 1. The molecule has 1 heterocycles. The van der Waals surface area contributed by atoms with E-state index in [-0.39, 0.29) is 6.10 Å². The number of likely N-dealkylation sites (tertiary alicyclic amines) is 1. The maximum atomic E-state index is 9.20. The number of aliphatic hydroxyl groups excluding tert-OH is 1. The maximum Gasteiger partial charge on any atom is 0.0526 e. The second-order valence-corrected chi connectivity index (χ2v) is 4.84. The lowest BCUT2D eigenvalue weighted by Crippen LogP contribution is -2.32. The van der Waals surface area contributed by atoms with Crippen LogP contribution in [0.3, 0.4) is 0 Å². The molecule has 0 aromatic carbocycles. The van der Waals surface area contributed by atoms with Gasteiger partial charge in [-0.25, -0.2) is 0 Å². The van der Waals surface area contributed by atoms with Crippen molar-refractivity contribution in [3.8, 4) is 0 Å². The third kappa shape index (κ3) is 6.13. The highest BCUT2D eigenvalue weighted by molar-refractivity contribution is 4.68. The Kier molecular flexibility index (Phi) is 6.22. The zero-order valence-electron chi connectivity index (χ0n) is 10.2. The highest BCUT2D eigenvalue weighted by Gasteiger charge is 2.10. The van der Waals surface area contributed by atoms with Crippen molar-refractivity contribution in [3.05, 3.63) is 0 Å². The molecule has 2 atom stereocenters. The van der Waals surface area contributed by atoms with Gasteiger partial charge < -0.3 is 15.3 Å². The molecule has 0 aliphatic carbocycles. The van der Waals surface area contributed by atoms with Crippen LogP contribution < -0.4 is 5.32 Å². The number of hydrogen-bond donors (Lipinski definition) is 2. The average Bonchev–Trinajstić information content (AvgIpc) is 2.63. The third-order valence-corrected chi connectivity index (χ3v) is 3.04. The minimum atomic E-state index is -0.189. The lowest BCUT2D eigenvalue weighted by atomic mass is 10.1. The molecule has 0 aromatic rings. The largest absolute Gasteiger partial charge is 0.393 e. The molecule has 0 spiro atoms. The second-order valence-electron chi connectivity index (χ2n) is 4.84. The molecule has 15 heavy (non-hydrogen) atoms. The zero-order valence-corrected chi connectivity index (χ0v) is 10.2. The summed E-state index contributed by atoms with van der Waals surface area (Å²) in [5, 5.41) is 12.7. The molecule has 1 saturated heterocycles. The Bertz CT molecular complexity index is 156. The second kappa shape index (κ2) is 7.20. The molecule has 1 fully saturated rings. The highest BCUT2D eigenvalue weighted by Crippen LogP contribution is 2.07. The Balaban J connectivity index is 1.91. The molecule has 0 amide bonds. The molecule has 0 aromatic heterocycles. The number of nitrogens with one attached hydrogen (secondary N) is 1. The fourth-order valence-corrected chi connectivity index (χ4v) is 2.25. The summed E-state index contributed by atoms with van der Waals surface area (Å²) in [5.41, 5.74) is 0. The molecule has 0 saturated carbocycles.